The number of aromatic nitrogens is 1. The number of hydrogen-bond acceptors (Lipinski definition) is 4. The summed E-state index contributed by atoms with van der Waals surface area (Å²) in [7, 11) is 0. The van der Waals surface area contributed by atoms with Crippen LogP contribution in [0.4, 0.5) is 5.82 Å². The summed E-state index contributed by atoms with van der Waals surface area (Å²) < 4.78 is 0. The van der Waals surface area contributed by atoms with Crippen LogP contribution in [0.5, 0.6) is 0 Å². The van der Waals surface area contributed by atoms with Crippen LogP contribution in [0.25, 0.3) is 0 Å². The summed E-state index contributed by atoms with van der Waals surface area (Å²) in [6.07, 6.45) is 1.38. The Morgan fingerprint density at radius 2 is 2.39 bits per heavy atom. The Balaban J connectivity index is 2.08. The Morgan fingerprint density at radius 1 is 1.61 bits per heavy atom. The van der Waals surface area contributed by atoms with E-state index in [1.165, 1.54) is 17.8 Å². The van der Waals surface area contributed by atoms with Crippen molar-refractivity contribution in [3.05, 3.63) is 44.7 Å². The number of nitrogens with one attached hydrogen (secondary N) is 1. The first-order valence-corrected chi connectivity index (χ1v) is 6.56. The molecule has 0 saturated heterocycles. The van der Waals surface area contributed by atoms with Gasteiger partial charge in [-0.25, -0.2) is 4.98 Å². The molecule has 2 aromatic heterocycles. The van der Waals surface area contributed by atoms with Gasteiger partial charge in [-0.3, -0.25) is 4.79 Å². The maximum Gasteiger partial charge on any atom is 0.253 e. The van der Waals surface area contributed by atoms with Gasteiger partial charge in [0, 0.05) is 11.1 Å². The second kappa shape index (κ2) is 5.37. The van der Waals surface area contributed by atoms with E-state index in [9.17, 15) is 4.79 Å². The van der Waals surface area contributed by atoms with Gasteiger partial charge in [-0.05, 0) is 30.0 Å². The molecule has 6 heteroatoms. The average Bonchev–Trinajstić information content (AvgIpc) is 2.75. The molecule has 2 rings (SSSR count). The quantitative estimate of drug-likeness (QED) is 0.909. The molecule has 0 aromatic carbocycles. The molecule has 0 aliphatic heterocycles. The first-order valence-electron chi connectivity index (χ1n) is 5.30. The largest absolute Gasteiger partial charge is 0.384 e. The van der Waals surface area contributed by atoms with Gasteiger partial charge in [-0.15, -0.1) is 11.3 Å². The number of carbonyl (C=O) groups is 1. The summed E-state index contributed by atoms with van der Waals surface area (Å²) in [6, 6.07) is 3.49. The number of nitrogens with two attached hydrogens (primary N) is 1. The second-order valence-electron chi connectivity index (χ2n) is 3.80. The van der Waals surface area contributed by atoms with Gasteiger partial charge in [0.25, 0.3) is 5.91 Å². The van der Waals surface area contributed by atoms with E-state index in [-0.39, 0.29) is 11.7 Å². The molecule has 0 aliphatic rings. The SMILES string of the molecule is Cc1ccsc1CNC(=O)c1cc(N)ncc1Cl. The first-order chi connectivity index (χ1) is 8.58. The fourth-order valence-electron chi connectivity index (χ4n) is 1.47. The number of nitrogens with zero attached hydrogens (tertiary/aromatic N) is 1. The third kappa shape index (κ3) is 2.80. The van der Waals surface area contributed by atoms with Crippen LogP contribution >= 0.6 is 22.9 Å². The van der Waals surface area contributed by atoms with Gasteiger partial charge in [0.15, 0.2) is 0 Å². The Hall–Kier alpha value is -1.59. The molecule has 2 heterocycles. The summed E-state index contributed by atoms with van der Waals surface area (Å²) in [6.45, 7) is 2.50. The van der Waals surface area contributed by atoms with Crippen molar-refractivity contribution in [3.63, 3.8) is 0 Å². The van der Waals surface area contributed by atoms with Gasteiger partial charge in [0.05, 0.1) is 17.1 Å². The minimum Gasteiger partial charge on any atom is -0.384 e. The topological polar surface area (TPSA) is 68.0 Å². The lowest BCUT2D eigenvalue weighted by Crippen LogP contribution is -2.23. The van der Waals surface area contributed by atoms with E-state index >= 15 is 0 Å². The number of pyridine rings is 1. The minimum atomic E-state index is -0.248. The maximum absolute atomic E-state index is 11.9. The summed E-state index contributed by atoms with van der Waals surface area (Å²) in [5, 5.41) is 5.10. The number of thiophene rings is 1. The maximum atomic E-state index is 11.9. The van der Waals surface area contributed by atoms with Crippen LogP contribution in [-0.2, 0) is 6.54 Å². The highest BCUT2D eigenvalue weighted by molar-refractivity contribution is 7.10. The number of carbonyl (C=O) groups excluding carboxylic acids is 1. The molecule has 0 spiro atoms. The monoisotopic (exact) mass is 281 g/mol. The van der Waals surface area contributed by atoms with Gasteiger partial charge < -0.3 is 11.1 Å². The zero-order valence-electron chi connectivity index (χ0n) is 9.74. The van der Waals surface area contributed by atoms with Crippen molar-refractivity contribution in [2.24, 2.45) is 0 Å². The van der Waals surface area contributed by atoms with E-state index in [4.69, 9.17) is 17.3 Å². The second-order valence-corrected chi connectivity index (χ2v) is 5.21. The van der Waals surface area contributed by atoms with Crippen molar-refractivity contribution >= 4 is 34.7 Å². The van der Waals surface area contributed by atoms with E-state index < -0.39 is 0 Å². The predicted molar refractivity (Wildman–Crippen MR) is 73.9 cm³/mol. The van der Waals surface area contributed by atoms with Crippen LogP contribution in [0, 0.1) is 6.92 Å². The van der Waals surface area contributed by atoms with E-state index in [0.29, 0.717) is 17.1 Å². The molecule has 2 aromatic rings. The third-order valence-electron chi connectivity index (χ3n) is 2.50. The number of hydrogen-bond donors (Lipinski definition) is 2. The van der Waals surface area contributed by atoms with Crippen LogP contribution in [0.2, 0.25) is 5.02 Å². The highest BCUT2D eigenvalue weighted by Gasteiger charge is 2.11. The van der Waals surface area contributed by atoms with Gasteiger partial charge in [0.1, 0.15) is 5.82 Å². The standard InChI is InChI=1S/C12H12ClN3OS/c1-7-2-3-18-10(7)6-16-12(17)8-4-11(14)15-5-9(8)13/h2-5H,6H2,1H3,(H2,14,15)(H,16,17). The summed E-state index contributed by atoms with van der Waals surface area (Å²) in [4.78, 5) is 16.9. The van der Waals surface area contributed by atoms with Gasteiger partial charge in [-0.2, -0.15) is 0 Å². The first kappa shape index (κ1) is 12.9. The summed E-state index contributed by atoms with van der Waals surface area (Å²) >= 11 is 7.52. The highest BCUT2D eigenvalue weighted by atomic mass is 35.5. The van der Waals surface area contributed by atoms with Crippen molar-refractivity contribution in [1.29, 1.82) is 0 Å². The van der Waals surface area contributed by atoms with Gasteiger partial charge >= 0.3 is 0 Å². The Morgan fingerprint density at radius 3 is 3.06 bits per heavy atom. The highest BCUT2D eigenvalue weighted by Crippen LogP contribution is 2.18. The lowest BCUT2D eigenvalue weighted by atomic mass is 10.2. The lowest BCUT2D eigenvalue weighted by Gasteiger charge is -2.06. The molecule has 0 fully saturated rings. The molecule has 0 aliphatic carbocycles. The summed E-state index contributed by atoms with van der Waals surface area (Å²) in [5.41, 5.74) is 7.05. The fourth-order valence-corrected chi connectivity index (χ4v) is 2.50. The molecule has 18 heavy (non-hydrogen) atoms. The molecule has 0 atom stereocenters. The average molecular weight is 282 g/mol. The number of amides is 1. The van der Waals surface area contributed by atoms with Crippen molar-refractivity contribution in [3.8, 4) is 0 Å². The number of halogens is 1. The molecule has 4 nitrogen and oxygen atoms in total. The van der Waals surface area contributed by atoms with Crippen LogP contribution in [0.3, 0.4) is 0 Å². The van der Waals surface area contributed by atoms with E-state index in [0.717, 1.165) is 4.88 Å². The number of anilines is 1. The van der Waals surface area contributed by atoms with Gasteiger partial charge in [0.2, 0.25) is 0 Å². The minimum absolute atomic E-state index is 0.248. The number of nitrogen functional groups attached to an aromatic ring is 1. The molecule has 3 N–H and O–H groups in total. The predicted octanol–water partition coefficient (Wildman–Crippen LogP) is 2.62. The molecule has 94 valence electrons. The zero-order chi connectivity index (χ0) is 13.1. The third-order valence-corrected chi connectivity index (χ3v) is 3.82. The van der Waals surface area contributed by atoms with Crippen molar-refractivity contribution in [2.45, 2.75) is 13.5 Å². The van der Waals surface area contributed by atoms with E-state index in [2.05, 4.69) is 10.3 Å². The van der Waals surface area contributed by atoms with Crippen molar-refractivity contribution in [2.75, 3.05) is 5.73 Å². The molecule has 0 saturated carbocycles. The van der Waals surface area contributed by atoms with Crippen molar-refractivity contribution < 1.29 is 4.79 Å². The van der Waals surface area contributed by atoms with Crippen LogP contribution in [0.15, 0.2) is 23.7 Å². The summed E-state index contributed by atoms with van der Waals surface area (Å²) in [5.74, 6) is 0.0266. The molecule has 0 radical (unpaired) electrons. The number of rotatable bonds is 3. The van der Waals surface area contributed by atoms with Gasteiger partial charge in [-0.1, -0.05) is 11.6 Å². The Kier molecular flexibility index (Phi) is 3.84. The Labute approximate surface area is 114 Å². The zero-order valence-corrected chi connectivity index (χ0v) is 11.3. The Bertz CT molecular complexity index is 582. The molecule has 0 bridgehead atoms. The van der Waals surface area contributed by atoms with E-state index in [1.807, 2.05) is 18.4 Å². The van der Waals surface area contributed by atoms with Crippen LogP contribution in [0.1, 0.15) is 20.8 Å². The molecular weight excluding hydrogens is 270 g/mol. The normalized spacial score (nSPS) is 10.3. The van der Waals surface area contributed by atoms with Crippen molar-refractivity contribution in [1.82, 2.24) is 10.3 Å². The molecule has 1 amide bonds. The fraction of sp³-hybridized carbons (Fsp3) is 0.167. The molecular formula is C12H12ClN3OS. The number of aryl methyl sites for hydroxylation is 1. The van der Waals surface area contributed by atoms with E-state index in [1.54, 1.807) is 11.3 Å². The van der Waals surface area contributed by atoms with Crippen LogP contribution in [-0.4, -0.2) is 10.9 Å². The smallest absolute Gasteiger partial charge is 0.253 e. The van der Waals surface area contributed by atoms with Crippen LogP contribution < -0.4 is 11.1 Å². The lowest BCUT2D eigenvalue weighted by molar-refractivity contribution is 0.0951. The molecule has 0 unspecified atom stereocenters.